The third-order valence-corrected chi connectivity index (χ3v) is 3.37. The Labute approximate surface area is 137 Å². The van der Waals surface area contributed by atoms with Gasteiger partial charge in [-0.25, -0.2) is 0 Å². The van der Waals surface area contributed by atoms with Gasteiger partial charge in [-0.15, -0.1) is 11.6 Å². The zero-order valence-electron chi connectivity index (χ0n) is 12.2. The first-order chi connectivity index (χ1) is 11.0. The summed E-state index contributed by atoms with van der Waals surface area (Å²) in [6.45, 7) is 1.52. The molecule has 3 rings (SSSR count). The lowest BCUT2D eigenvalue weighted by atomic mass is 10.1. The van der Waals surface area contributed by atoms with Crippen LogP contribution in [0.15, 0.2) is 48.5 Å². The van der Waals surface area contributed by atoms with Crippen molar-refractivity contribution in [2.24, 2.45) is 0 Å². The van der Waals surface area contributed by atoms with E-state index in [1.54, 1.807) is 36.7 Å². The quantitative estimate of drug-likeness (QED) is 0.374. The highest BCUT2D eigenvalue weighted by molar-refractivity contribution is 6.29. The first-order valence-corrected chi connectivity index (χ1v) is 7.32. The molecule has 1 atom stereocenters. The molecule has 1 aliphatic rings. The topological polar surface area (TPSA) is 65.5 Å². The number of ether oxygens (including phenoxy) is 2. The number of benzene rings is 1. The van der Waals surface area contributed by atoms with E-state index in [9.17, 15) is 9.59 Å². The molecule has 0 bridgehead atoms. The average Bonchev–Trinajstić information content (AvgIpc) is 2.84. The summed E-state index contributed by atoms with van der Waals surface area (Å²) < 4.78 is 10.7. The maximum Gasteiger partial charge on any atom is 0.329 e. The monoisotopic (exact) mass is 329 g/mol. The van der Waals surface area contributed by atoms with E-state index in [-0.39, 0.29) is 17.3 Å². The highest BCUT2D eigenvalue weighted by Gasteiger charge is 2.28. The number of halogens is 1. The summed E-state index contributed by atoms with van der Waals surface area (Å²) in [5.74, 6) is 0.0475. The van der Waals surface area contributed by atoms with Gasteiger partial charge in [0.1, 0.15) is 16.9 Å². The molecule has 0 fully saturated rings. The molecule has 0 amide bonds. The van der Waals surface area contributed by atoms with Crippen molar-refractivity contribution in [1.82, 2.24) is 4.98 Å². The van der Waals surface area contributed by atoms with E-state index in [0.29, 0.717) is 11.3 Å². The number of Topliss-reactive ketones (excluding diaryl/α,β-unsaturated/α-hetero) is 1. The molecule has 2 heterocycles. The van der Waals surface area contributed by atoms with E-state index >= 15 is 0 Å². The summed E-state index contributed by atoms with van der Waals surface area (Å²) >= 11 is 5.66. The van der Waals surface area contributed by atoms with E-state index in [1.165, 1.54) is 19.1 Å². The lowest BCUT2D eigenvalue weighted by Crippen LogP contribution is -2.17. The third kappa shape index (κ3) is 3.24. The minimum absolute atomic E-state index is 0.209. The summed E-state index contributed by atoms with van der Waals surface area (Å²) in [6.07, 6.45) is 4.89. The summed E-state index contributed by atoms with van der Waals surface area (Å²) in [5, 5.41) is -0.757. The molecule has 116 valence electrons. The number of allylic oxidation sites excluding steroid dienone is 1. The first kappa shape index (κ1) is 15.2. The van der Waals surface area contributed by atoms with Gasteiger partial charge in [-0.2, -0.15) is 0 Å². The van der Waals surface area contributed by atoms with Gasteiger partial charge in [-0.05, 0) is 42.8 Å². The standard InChI is InChI=1S/C17H12ClNO4/c1-10(18)17(21)22-12-2-3-13-14(9-12)23-15(16(13)20)8-11-4-6-19-7-5-11/h2-10H,1H3/b15-8-. The second-order valence-electron chi connectivity index (χ2n) is 4.92. The van der Waals surface area contributed by atoms with Crippen molar-refractivity contribution in [1.29, 1.82) is 0 Å². The van der Waals surface area contributed by atoms with Gasteiger partial charge in [-0.3, -0.25) is 14.6 Å². The molecule has 1 aromatic carbocycles. The number of hydrogen-bond acceptors (Lipinski definition) is 5. The number of esters is 1. The Morgan fingerprint density at radius 1 is 1.30 bits per heavy atom. The van der Waals surface area contributed by atoms with Gasteiger partial charge in [0.15, 0.2) is 5.76 Å². The molecule has 2 aromatic rings. The molecule has 0 saturated carbocycles. The molecule has 23 heavy (non-hydrogen) atoms. The Morgan fingerprint density at radius 2 is 2.04 bits per heavy atom. The molecule has 0 saturated heterocycles. The normalized spacial score (nSPS) is 15.9. The molecular weight excluding hydrogens is 318 g/mol. The van der Waals surface area contributed by atoms with Crippen molar-refractivity contribution < 1.29 is 19.1 Å². The predicted molar refractivity (Wildman–Crippen MR) is 84.6 cm³/mol. The van der Waals surface area contributed by atoms with Gasteiger partial charge >= 0.3 is 5.97 Å². The lowest BCUT2D eigenvalue weighted by molar-refractivity contribution is -0.133. The highest BCUT2D eigenvalue weighted by atomic mass is 35.5. The van der Waals surface area contributed by atoms with E-state index in [0.717, 1.165) is 5.56 Å². The number of rotatable bonds is 3. The molecule has 5 nitrogen and oxygen atoms in total. The number of aromatic nitrogens is 1. The largest absolute Gasteiger partial charge is 0.452 e. The van der Waals surface area contributed by atoms with Gasteiger partial charge in [-0.1, -0.05) is 0 Å². The van der Waals surface area contributed by atoms with Crippen molar-refractivity contribution in [2.45, 2.75) is 12.3 Å². The fourth-order valence-electron chi connectivity index (χ4n) is 2.04. The van der Waals surface area contributed by atoms with Crippen LogP contribution in [0.1, 0.15) is 22.8 Å². The third-order valence-electron chi connectivity index (χ3n) is 3.19. The number of ketones is 1. The molecular formula is C17H12ClNO4. The van der Waals surface area contributed by atoms with Crippen LogP contribution in [0.4, 0.5) is 0 Å². The summed E-state index contributed by atoms with van der Waals surface area (Å²) in [6, 6.07) is 8.13. The Morgan fingerprint density at radius 3 is 2.74 bits per heavy atom. The van der Waals surface area contributed by atoms with Crippen molar-refractivity contribution >= 4 is 29.4 Å². The molecule has 1 aliphatic heterocycles. The Bertz CT molecular complexity index is 799. The zero-order valence-corrected chi connectivity index (χ0v) is 12.9. The maximum atomic E-state index is 12.3. The number of carbonyl (C=O) groups excluding carboxylic acids is 2. The summed E-state index contributed by atoms with van der Waals surface area (Å²) in [5.41, 5.74) is 1.22. The fraction of sp³-hybridized carbons (Fsp3) is 0.118. The molecule has 0 aliphatic carbocycles. The number of alkyl halides is 1. The second-order valence-corrected chi connectivity index (χ2v) is 5.57. The zero-order chi connectivity index (χ0) is 16.4. The average molecular weight is 330 g/mol. The van der Waals surface area contributed by atoms with Crippen molar-refractivity contribution in [3.63, 3.8) is 0 Å². The number of hydrogen-bond donors (Lipinski definition) is 0. The van der Waals surface area contributed by atoms with E-state index in [1.807, 2.05) is 0 Å². The number of carbonyl (C=O) groups is 2. The number of fused-ring (bicyclic) bond motifs is 1. The Hall–Kier alpha value is -2.66. The van der Waals surface area contributed by atoms with Crippen LogP contribution < -0.4 is 9.47 Å². The first-order valence-electron chi connectivity index (χ1n) is 6.88. The Balaban J connectivity index is 1.85. The van der Waals surface area contributed by atoms with Crippen LogP contribution in [0.5, 0.6) is 11.5 Å². The van der Waals surface area contributed by atoms with Crippen molar-refractivity contribution in [3.8, 4) is 11.5 Å². The smallest absolute Gasteiger partial charge is 0.329 e. The minimum atomic E-state index is -0.757. The van der Waals surface area contributed by atoms with Gasteiger partial charge < -0.3 is 9.47 Å². The fourth-order valence-corrected chi connectivity index (χ4v) is 2.08. The molecule has 0 radical (unpaired) electrons. The number of pyridine rings is 1. The Kier molecular flexibility index (Phi) is 4.12. The lowest BCUT2D eigenvalue weighted by Gasteiger charge is -2.06. The van der Waals surface area contributed by atoms with Crippen molar-refractivity contribution in [3.05, 3.63) is 59.6 Å². The van der Waals surface area contributed by atoms with Crippen LogP contribution in [-0.2, 0) is 4.79 Å². The summed E-state index contributed by atoms with van der Waals surface area (Å²) in [4.78, 5) is 27.7. The highest BCUT2D eigenvalue weighted by Crippen LogP contribution is 2.35. The molecule has 1 unspecified atom stereocenters. The van der Waals surface area contributed by atoms with E-state index in [4.69, 9.17) is 21.1 Å². The maximum absolute atomic E-state index is 12.3. The van der Waals surface area contributed by atoms with Crippen LogP contribution in [0.2, 0.25) is 0 Å². The molecule has 6 heteroatoms. The van der Waals surface area contributed by atoms with Crippen LogP contribution in [0.25, 0.3) is 6.08 Å². The van der Waals surface area contributed by atoms with Crippen LogP contribution in [-0.4, -0.2) is 22.1 Å². The van der Waals surface area contributed by atoms with Gasteiger partial charge in [0.25, 0.3) is 0 Å². The second kappa shape index (κ2) is 6.22. The molecule has 1 aromatic heterocycles. The summed E-state index contributed by atoms with van der Waals surface area (Å²) in [7, 11) is 0. The van der Waals surface area contributed by atoms with Gasteiger partial charge in [0.2, 0.25) is 5.78 Å². The minimum Gasteiger partial charge on any atom is -0.452 e. The predicted octanol–water partition coefficient (Wildman–Crippen LogP) is 3.23. The SMILES string of the molecule is CC(Cl)C(=O)Oc1ccc2c(c1)O/C(=C\c1ccncc1)C2=O. The van der Waals surface area contributed by atoms with E-state index in [2.05, 4.69) is 4.98 Å². The van der Waals surface area contributed by atoms with Crippen LogP contribution in [0, 0.1) is 0 Å². The van der Waals surface area contributed by atoms with E-state index < -0.39 is 11.3 Å². The van der Waals surface area contributed by atoms with Crippen LogP contribution >= 0.6 is 11.6 Å². The molecule has 0 N–H and O–H groups in total. The molecule has 0 spiro atoms. The van der Waals surface area contributed by atoms with Crippen molar-refractivity contribution in [2.75, 3.05) is 0 Å². The van der Waals surface area contributed by atoms with Crippen LogP contribution in [0.3, 0.4) is 0 Å². The van der Waals surface area contributed by atoms with Gasteiger partial charge in [0, 0.05) is 18.5 Å². The van der Waals surface area contributed by atoms with Gasteiger partial charge in [0.05, 0.1) is 5.56 Å². The number of nitrogens with zero attached hydrogens (tertiary/aromatic N) is 1.